The van der Waals surface area contributed by atoms with Crippen molar-refractivity contribution in [1.29, 1.82) is 0 Å². The molecule has 6 rings (SSSR count). The first-order valence-electron chi connectivity index (χ1n) is 13.1. The van der Waals surface area contributed by atoms with Crippen LogP contribution in [-0.2, 0) is 30.4 Å². The summed E-state index contributed by atoms with van der Waals surface area (Å²) in [5, 5.41) is 30.5. The molecule has 0 heterocycles. The first kappa shape index (κ1) is 35.5. The Kier molecular flexibility index (Phi) is 9.63. The van der Waals surface area contributed by atoms with Crippen molar-refractivity contribution in [1.82, 2.24) is 0 Å². The standard InChI is InChI=1S/3C10H9NO4S/c11-9-3-1-2-7-8(9)4-6(5-10(7)12)16(13,14)15;11-9-3-1-2-7-8(9)4-6(12)5-10(7)16(13,14)15;11-7-4-5-9(16(13,14)15)6-2-1-3-8(12)10(6)7/h3*1-5,12H,11H2,(H,13,14,15). The van der Waals surface area contributed by atoms with Crippen LogP contribution >= 0.6 is 0 Å². The molecule has 12 N–H and O–H groups in total. The van der Waals surface area contributed by atoms with Gasteiger partial charge in [0.15, 0.2) is 0 Å². The van der Waals surface area contributed by atoms with Gasteiger partial charge in [-0.05, 0) is 42.5 Å². The quantitative estimate of drug-likeness (QED) is 0.0918. The maximum absolute atomic E-state index is 11.1. The molecule has 0 bridgehead atoms. The SMILES string of the molecule is Nc1ccc(S(=O)(=O)O)c2cccc(O)c12.Nc1cccc2c(O)cc(S(=O)(=O)O)cc12.Nc1cccc2c(S(=O)(=O)O)cc(O)cc12. The van der Waals surface area contributed by atoms with E-state index in [4.69, 9.17) is 30.9 Å². The largest absolute Gasteiger partial charge is 0.508 e. The van der Waals surface area contributed by atoms with Gasteiger partial charge < -0.3 is 32.5 Å². The normalized spacial score (nSPS) is 11.8. The highest BCUT2D eigenvalue weighted by Gasteiger charge is 2.18. The van der Waals surface area contributed by atoms with Crippen LogP contribution in [0.15, 0.2) is 106 Å². The lowest BCUT2D eigenvalue weighted by Crippen LogP contribution is -2.00. The van der Waals surface area contributed by atoms with Gasteiger partial charge in [-0.1, -0.05) is 36.4 Å². The van der Waals surface area contributed by atoms with Crippen LogP contribution < -0.4 is 17.2 Å². The molecular weight excluding hydrogens is 691 g/mol. The van der Waals surface area contributed by atoms with Gasteiger partial charge in [0.1, 0.15) is 27.0 Å². The highest BCUT2D eigenvalue weighted by Crippen LogP contribution is 2.35. The molecule has 0 aliphatic carbocycles. The van der Waals surface area contributed by atoms with Crippen LogP contribution in [-0.4, -0.2) is 54.2 Å². The van der Waals surface area contributed by atoms with Gasteiger partial charge in [-0.15, -0.1) is 0 Å². The van der Waals surface area contributed by atoms with Crippen molar-refractivity contribution in [2.45, 2.75) is 14.7 Å². The first-order chi connectivity index (χ1) is 22.2. The number of fused-ring (bicyclic) bond motifs is 3. The molecule has 0 atom stereocenters. The van der Waals surface area contributed by atoms with Crippen molar-refractivity contribution in [2.24, 2.45) is 0 Å². The van der Waals surface area contributed by atoms with Crippen molar-refractivity contribution in [3.05, 3.63) is 91.0 Å². The van der Waals surface area contributed by atoms with Crippen LogP contribution in [0.3, 0.4) is 0 Å². The molecule has 0 aromatic heterocycles. The third-order valence-corrected chi connectivity index (χ3v) is 9.46. The van der Waals surface area contributed by atoms with Gasteiger partial charge in [-0.25, -0.2) is 0 Å². The number of hydrogen-bond acceptors (Lipinski definition) is 12. The summed E-state index contributed by atoms with van der Waals surface area (Å²) in [6.07, 6.45) is 0. The van der Waals surface area contributed by atoms with Crippen molar-refractivity contribution in [3.8, 4) is 17.2 Å². The monoisotopic (exact) mass is 717 g/mol. The molecule has 15 nitrogen and oxygen atoms in total. The summed E-state index contributed by atoms with van der Waals surface area (Å²) in [6.45, 7) is 0. The van der Waals surface area contributed by atoms with E-state index in [0.717, 1.165) is 12.1 Å². The van der Waals surface area contributed by atoms with E-state index >= 15 is 0 Å². The summed E-state index contributed by atoms with van der Waals surface area (Å²) in [6, 6.07) is 20.9. The van der Waals surface area contributed by atoms with Crippen LogP contribution in [0.4, 0.5) is 17.1 Å². The molecule has 6 aromatic carbocycles. The second kappa shape index (κ2) is 13.0. The van der Waals surface area contributed by atoms with Crippen LogP contribution in [0.2, 0.25) is 0 Å². The van der Waals surface area contributed by atoms with E-state index < -0.39 is 30.4 Å². The van der Waals surface area contributed by atoms with Crippen LogP contribution in [0.1, 0.15) is 0 Å². The number of nitrogens with two attached hydrogens (primary N) is 3. The average molecular weight is 718 g/mol. The summed E-state index contributed by atoms with van der Waals surface area (Å²) < 4.78 is 93.2. The number of anilines is 3. The molecule has 0 aliphatic heterocycles. The van der Waals surface area contributed by atoms with Gasteiger partial charge in [0.2, 0.25) is 0 Å². The molecule has 0 radical (unpaired) electrons. The molecule has 0 fully saturated rings. The fraction of sp³-hybridized carbons (Fsp3) is 0. The van der Waals surface area contributed by atoms with Crippen molar-refractivity contribution >= 4 is 79.7 Å². The molecular formula is C30H27N3O12S3. The predicted molar refractivity (Wildman–Crippen MR) is 180 cm³/mol. The highest BCUT2D eigenvalue weighted by molar-refractivity contribution is 7.86. The third-order valence-electron chi connectivity index (χ3n) is 6.82. The van der Waals surface area contributed by atoms with Gasteiger partial charge in [-0.3, -0.25) is 13.7 Å². The molecule has 0 spiro atoms. The summed E-state index contributed by atoms with van der Waals surface area (Å²) >= 11 is 0. The zero-order valence-corrected chi connectivity index (χ0v) is 26.7. The Bertz CT molecular complexity index is 2540. The van der Waals surface area contributed by atoms with E-state index in [1.54, 1.807) is 30.3 Å². The number of rotatable bonds is 3. The zero-order valence-electron chi connectivity index (χ0n) is 24.2. The predicted octanol–water partition coefficient (Wildman–Crippen LogP) is 4.12. The van der Waals surface area contributed by atoms with E-state index in [0.29, 0.717) is 27.5 Å². The Balaban J connectivity index is 0.000000163. The molecule has 252 valence electrons. The fourth-order valence-corrected chi connectivity index (χ4v) is 6.64. The van der Waals surface area contributed by atoms with Gasteiger partial charge in [0.05, 0.1) is 4.90 Å². The van der Waals surface area contributed by atoms with Gasteiger partial charge in [0.25, 0.3) is 30.4 Å². The third kappa shape index (κ3) is 7.60. The molecule has 0 aliphatic rings. The van der Waals surface area contributed by atoms with E-state index in [9.17, 15) is 40.6 Å². The number of nitrogen functional groups attached to an aromatic ring is 3. The fourth-order valence-electron chi connectivity index (χ4n) is 4.70. The molecule has 0 amide bonds. The second-order valence-electron chi connectivity index (χ2n) is 10.0. The Morgan fingerprint density at radius 2 is 0.958 bits per heavy atom. The Hall–Kier alpha value is -5.37. The molecule has 0 saturated carbocycles. The van der Waals surface area contributed by atoms with E-state index in [1.165, 1.54) is 48.5 Å². The molecule has 0 unspecified atom stereocenters. The summed E-state index contributed by atoms with van der Waals surface area (Å²) in [5.41, 5.74) is 17.8. The van der Waals surface area contributed by atoms with Crippen LogP contribution in [0.25, 0.3) is 32.3 Å². The van der Waals surface area contributed by atoms with E-state index in [1.807, 2.05) is 0 Å². The number of aromatic hydroxyl groups is 3. The van der Waals surface area contributed by atoms with Crippen LogP contribution in [0.5, 0.6) is 17.2 Å². The minimum atomic E-state index is -4.38. The summed E-state index contributed by atoms with van der Waals surface area (Å²) in [7, 11) is -13.1. The summed E-state index contributed by atoms with van der Waals surface area (Å²) in [5.74, 6) is -0.629. The minimum Gasteiger partial charge on any atom is -0.508 e. The molecule has 0 saturated heterocycles. The smallest absolute Gasteiger partial charge is 0.295 e. The molecule has 6 aromatic rings. The molecule has 48 heavy (non-hydrogen) atoms. The maximum atomic E-state index is 11.1. The van der Waals surface area contributed by atoms with E-state index in [-0.39, 0.29) is 53.8 Å². The number of phenols is 3. The minimum absolute atomic E-state index is 0.125. The lowest BCUT2D eigenvalue weighted by Gasteiger charge is -2.07. The Labute approximate surface area is 273 Å². The highest BCUT2D eigenvalue weighted by atomic mass is 32.2. The van der Waals surface area contributed by atoms with Crippen molar-refractivity contribution in [2.75, 3.05) is 17.2 Å². The second-order valence-corrected chi connectivity index (χ2v) is 14.3. The summed E-state index contributed by atoms with van der Waals surface area (Å²) in [4.78, 5) is -1.00. The number of hydrogen-bond donors (Lipinski definition) is 9. The van der Waals surface area contributed by atoms with Gasteiger partial charge in [-0.2, -0.15) is 25.3 Å². The van der Waals surface area contributed by atoms with Gasteiger partial charge in [0, 0.05) is 61.5 Å². The first-order valence-corrected chi connectivity index (χ1v) is 17.5. The topological polar surface area (TPSA) is 302 Å². The van der Waals surface area contributed by atoms with Crippen molar-refractivity contribution < 1.29 is 54.2 Å². The maximum Gasteiger partial charge on any atom is 0.295 e. The molecule has 18 heteroatoms. The Morgan fingerprint density at radius 3 is 1.52 bits per heavy atom. The van der Waals surface area contributed by atoms with E-state index in [2.05, 4.69) is 0 Å². The zero-order chi connectivity index (χ0) is 35.8. The lowest BCUT2D eigenvalue weighted by molar-refractivity contribution is 0.468. The lowest BCUT2D eigenvalue weighted by atomic mass is 10.1. The van der Waals surface area contributed by atoms with Gasteiger partial charge >= 0.3 is 0 Å². The number of benzene rings is 6. The van der Waals surface area contributed by atoms with Crippen molar-refractivity contribution in [3.63, 3.8) is 0 Å². The average Bonchev–Trinajstić information content (AvgIpc) is 2.97. The number of phenolic OH excluding ortho intramolecular Hbond substituents is 3. The van der Waals surface area contributed by atoms with Crippen LogP contribution in [0, 0.1) is 0 Å². The Morgan fingerprint density at radius 1 is 0.438 bits per heavy atom.